The number of likely N-dealkylation sites (tertiary alicyclic amines) is 1. The van der Waals surface area contributed by atoms with Gasteiger partial charge in [0.05, 0.1) is 10.8 Å². The molecule has 32 heavy (non-hydrogen) atoms. The van der Waals surface area contributed by atoms with Crippen LogP contribution in [0.3, 0.4) is 0 Å². The largest absolute Gasteiger partial charge is 0.342 e. The summed E-state index contributed by atoms with van der Waals surface area (Å²) in [6, 6.07) is 15.2. The van der Waals surface area contributed by atoms with Crippen molar-refractivity contribution in [3.8, 4) is 11.1 Å². The van der Waals surface area contributed by atoms with Crippen LogP contribution in [0.1, 0.15) is 34.3 Å². The van der Waals surface area contributed by atoms with E-state index in [1.807, 2.05) is 65.1 Å². The standard InChI is InChI=1S/C24H24ClN3O2S2/c1-31-15-22(29)28-12-10-17(11-13-28)24-27-21(14-32-24)23(30)26-20-5-3-2-4-19(20)16-6-8-18(25)9-7-16/h2-9,14,17H,10-13,15H2,1H3,(H,26,30). The fourth-order valence-electron chi connectivity index (χ4n) is 3.83. The number of carbonyl (C=O) groups excluding carboxylic acids is 2. The number of rotatable bonds is 6. The van der Waals surface area contributed by atoms with Gasteiger partial charge in [-0.25, -0.2) is 4.98 Å². The van der Waals surface area contributed by atoms with Crippen LogP contribution >= 0.6 is 34.7 Å². The SMILES string of the molecule is CSCC(=O)N1CCC(c2nc(C(=O)Nc3ccccc3-c3ccc(Cl)cc3)cs2)CC1. The minimum absolute atomic E-state index is 0.203. The average molecular weight is 486 g/mol. The molecule has 1 aliphatic heterocycles. The molecule has 1 N–H and O–H groups in total. The van der Waals surface area contributed by atoms with E-state index in [0.717, 1.165) is 47.8 Å². The molecule has 1 aromatic heterocycles. The van der Waals surface area contributed by atoms with Crippen LogP contribution in [0.15, 0.2) is 53.9 Å². The molecule has 1 aliphatic rings. The van der Waals surface area contributed by atoms with Gasteiger partial charge < -0.3 is 10.2 Å². The molecule has 2 heterocycles. The number of hydrogen-bond donors (Lipinski definition) is 1. The summed E-state index contributed by atoms with van der Waals surface area (Å²) in [4.78, 5) is 31.6. The molecule has 0 radical (unpaired) electrons. The predicted octanol–water partition coefficient (Wildman–Crippen LogP) is 5.78. The Balaban J connectivity index is 1.42. The second-order valence-corrected chi connectivity index (χ2v) is 9.86. The predicted molar refractivity (Wildman–Crippen MR) is 134 cm³/mol. The van der Waals surface area contributed by atoms with Crippen molar-refractivity contribution in [2.45, 2.75) is 18.8 Å². The molecule has 3 aromatic rings. The number of anilines is 1. The first-order chi connectivity index (χ1) is 15.5. The van der Waals surface area contributed by atoms with Crippen molar-refractivity contribution in [3.63, 3.8) is 0 Å². The monoisotopic (exact) mass is 485 g/mol. The highest BCUT2D eigenvalue weighted by Crippen LogP contribution is 2.32. The van der Waals surface area contributed by atoms with E-state index in [9.17, 15) is 9.59 Å². The third kappa shape index (κ3) is 5.34. The summed E-state index contributed by atoms with van der Waals surface area (Å²) in [5.41, 5.74) is 3.06. The number of halogens is 1. The van der Waals surface area contributed by atoms with Crippen LogP contribution < -0.4 is 5.32 Å². The maximum atomic E-state index is 12.9. The van der Waals surface area contributed by atoms with E-state index in [-0.39, 0.29) is 11.8 Å². The average Bonchev–Trinajstić information content (AvgIpc) is 3.31. The van der Waals surface area contributed by atoms with Gasteiger partial charge in [0.15, 0.2) is 0 Å². The van der Waals surface area contributed by atoms with Gasteiger partial charge in [-0.05, 0) is 42.9 Å². The van der Waals surface area contributed by atoms with E-state index in [0.29, 0.717) is 22.4 Å². The van der Waals surface area contributed by atoms with Crippen molar-refractivity contribution < 1.29 is 9.59 Å². The molecule has 0 saturated carbocycles. The highest BCUT2D eigenvalue weighted by molar-refractivity contribution is 7.99. The first kappa shape index (κ1) is 22.8. The van der Waals surface area contributed by atoms with Gasteiger partial charge in [-0.3, -0.25) is 9.59 Å². The Bertz CT molecular complexity index is 1090. The van der Waals surface area contributed by atoms with E-state index in [1.54, 1.807) is 11.8 Å². The molecule has 2 amide bonds. The molecular weight excluding hydrogens is 462 g/mol. The van der Waals surface area contributed by atoms with Crippen LogP contribution in [-0.2, 0) is 4.79 Å². The van der Waals surface area contributed by atoms with Crippen molar-refractivity contribution >= 4 is 52.2 Å². The molecule has 1 fully saturated rings. The lowest BCUT2D eigenvalue weighted by Crippen LogP contribution is -2.38. The molecule has 4 rings (SSSR count). The van der Waals surface area contributed by atoms with E-state index in [2.05, 4.69) is 10.3 Å². The number of aromatic nitrogens is 1. The third-order valence-corrected chi connectivity index (χ3v) is 7.34. The van der Waals surface area contributed by atoms with Crippen LogP contribution in [0.4, 0.5) is 5.69 Å². The molecule has 5 nitrogen and oxygen atoms in total. The van der Waals surface area contributed by atoms with Crippen molar-refractivity contribution in [1.82, 2.24) is 9.88 Å². The van der Waals surface area contributed by atoms with Gasteiger partial charge in [0.2, 0.25) is 5.91 Å². The molecule has 0 spiro atoms. The number of carbonyl (C=O) groups is 2. The van der Waals surface area contributed by atoms with Gasteiger partial charge in [0, 0.05) is 40.7 Å². The first-order valence-corrected chi connectivity index (χ1v) is 13.1. The summed E-state index contributed by atoms with van der Waals surface area (Å²) in [6.07, 6.45) is 3.71. The van der Waals surface area contributed by atoms with Crippen molar-refractivity contribution in [1.29, 1.82) is 0 Å². The van der Waals surface area contributed by atoms with E-state index in [1.165, 1.54) is 11.3 Å². The number of hydrogen-bond acceptors (Lipinski definition) is 5. The van der Waals surface area contributed by atoms with Gasteiger partial charge in [-0.1, -0.05) is 41.9 Å². The lowest BCUT2D eigenvalue weighted by Gasteiger charge is -2.31. The van der Waals surface area contributed by atoms with Gasteiger partial charge in [0.1, 0.15) is 5.69 Å². The molecule has 2 aromatic carbocycles. The Morgan fingerprint density at radius 1 is 1.16 bits per heavy atom. The van der Waals surface area contributed by atoms with Crippen molar-refractivity contribution in [2.24, 2.45) is 0 Å². The Hall–Kier alpha value is -2.35. The van der Waals surface area contributed by atoms with Crippen LogP contribution in [0.2, 0.25) is 5.02 Å². The number of piperidine rings is 1. The Labute approximate surface area is 201 Å². The van der Waals surface area contributed by atoms with Crippen LogP contribution in [0.5, 0.6) is 0 Å². The second-order valence-electron chi connectivity index (χ2n) is 7.67. The lowest BCUT2D eigenvalue weighted by atomic mass is 9.97. The number of amides is 2. The number of para-hydroxylation sites is 1. The maximum absolute atomic E-state index is 12.9. The topological polar surface area (TPSA) is 62.3 Å². The molecule has 1 saturated heterocycles. The number of benzene rings is 2. The van der Waals surface area contributed by atoms with E-state index < -0.39 is 0 Å². The molecule has 0 aliphatic carbocycles. The van der Waals surface area contributed by atoms with Crippen molar-refractivity contribution in [3.05, 3.63) is 69.6 Å². The van der Waals surface area contributed by atoms with Crippen LogP contribution in [0, 0.1) is 0 Å². The fraction of sp³-hybridized carbons (Fsp3) is 0.292. The summed E-state index contributed by atoms with van der Waals surface area (Å²) < 4.78 is 0. The van der Waals surface area contributed by atoms with Gasteiger partial charge in [-0.15, -0.1) is 11.3 Å². The molecule has 0 unspecified atom stereocenters. The van der Waals surface area contributed by atoms with Crippen LogP contribution in [0.25, 0.3) is 11.1 Å². The molecule has 8 heteroatoms. The summed E-state index contributed by atoms with van der Waals surface area (Å²) >= 11 is 9.09. The van der Waals surface area contributed by atoms with Gasteiger partial charge in [0.25, 0.3) is 5.91 Å². The minimum atomic E-state index is -0.221. The summed E-state index contributed by atoms with van der Waals surface area (Å²) in [5.74, 6) is 0.807. The Morgan fingerprint density at radius 3 is 2.59 bits per heavy atom. The third-order valence-electron chi connectivity index (χ3n) is 5.55. The quantitative estimate of drug-likeness (QED) is 0.480. The number of nitrogens with zero attached hydrogens (tertiary/aromatic N) is 2. The minimum Gasteiger partial charge on any atom is -0.342 e. The zero-order valence-corrected chi connectivity index (χ0v) is 20.1. The summed E-state index contributed by atoms with van der Waals surface area (Å²) in [7, 11) is 0. The fourth-order valence-corrected chi connectivity index (χ4v) is 5.36. The first-order valence-electron chi connectivity index (χ1n) is 10.4. The highest BCUT2D eigenvalue weighted by atomic mass is 35.5. The zero-order valence-electron chi connectivity index (χ0n) is 17.7. The second kappa shape index (κ2) is 10.5. The number of thiazole rings is 1. The maximum Gasteiger partial charge on any atom is 0.275 e. The number of thioether (sulfide) groups is 1. The molecular formula is C24H24ClN3O2S2. The van der Waals surface area contributed by atoms with Gasteiger partial charge in [-0.2, -0.15) is 11.8 Å². The summed E-state index contributed by atoms with van der Waals surface area (Å²) in [5, 5.41) is 6.47. The molecule has 0 bridgehead atoms. The van der Waals surface area contributed by atoms with E-state index >= 15 is 0 Å². The smallest absolute Gasteiger partial charge is 0.275 e. The Morgan fingerprint density at radius 2 is 1.88 bits per heavy atom. The Kier molecular flexibility index (Phi) is 7.50. The van der Waals surface area contributed by atoms with Crippen molar-refractivity contribution in [2.75, 3.05) is 30.4 Å². The molecule has 166 valence electrons. The van der Waals surface area contributed by atoms with Crippen LogP contribution in [-0.4, -0.2) is 46.8 Å². The lowest BCUT2D eigenvalue weighted by molar-refractivity contribution is -0.129. The van der Waals surface area contributed by atoms with Gasteiger partial charge >= 0.3 is 0 Å². The normalized spacial score (nSPS) is 14.4. The summed E-state index contributed by atoms with van der Waals surface area (Å²) in [6.45, 7) is 1.50. The number of nitrogens with one attached hydrogen (secondary N) is 1. The highest BCUT2D eigenvalue weighted by Gasteiger charge is 2.26. The molecule has 0 atom stereocenters. The zero-order chi connectivity index (χ0) is 22.5. The van der Waals surface area contributed by atoms with E-state index in [4.69, 9.17) is 11.6 Å².